The standard InChI is InChI=1S/C18H14N2OS/c21-18(20-17(22)14-7-2-1-3-8-14)19-16-11-10-13-6-4-5-9-15(13)12-16/h1-12H,(H2,19,20,21,22). The third kappa shape index (κ3) is 3.30. The molecule has 0 heterocycles. The number of benzene rings is 3. The molecule has 4 heteroatoms. The minimum atomic E-state index is -0.343. The van der Waals surface area contributed by atoms with Gasteiger partial charge in [0.2, 0.25) is 0 Å². The van der Waals surface area contributed by atoms with Crippen LogP contribution in [0.1, 0.15) is 5.56 Å². The number of hydrogen-bond donors (Lipinski definition) is 2. The Morgan fingerprint density at radius 2 is 1.50 bits per heavy atom. The van der Waals surface area contributed by atoms with Crippen molar-refractivity contribution in [1.29, 1.82) is 0 Å². The fourth-order valence-electron chi connectivity index (χ4n) is 2.19. The van der Waals surface area contributed by atoms with Crippen molar-refractivity contribution in [2.45, 2.75) is 0 Å². The molecule has 0 radical (unpaired) electrons. The van der Waals surface area contributed by atoms with Crippen LogP contribution in [0.15, 0.2) is 72.8 Å². The lowest BCUT2D eigenvalue weighted by molar-refractivity contribution is 0.256. The van der Waals surface area contributed by atoms with E-state index in [1.165, 1.54) is 0 Å². The second kappa shape index (κ2) is 6.37. The smallest absolute Gasteiger partial charge is 0.308 e. The van der Waals surface area contributed by atoms with Gasteiger partial charge < -0.3 is 5.32 Å². The molecule has 2 N–H and O–H groups in total. The lowest BCUT2D eigenvalue weighted by Gasteiger charge is -2.09. The predicted octanol–water partition coefficient (Wildman–Crippen LogP) is 4.34. The molecule has 3 nitrogen and oxygen atoms in total. The van der Waals surface area contributed by atoms with Crippen LogP contribution in [-0.2, 0) is 0 Å². The van der Waals surface area contributed by atoms with Gasteiger partial charge in [-0.25, -0.2) is 4.79 Å². The average Bonchev–Trinajstić information content (AvgIpc) is 2.55. The Morgan fingerprint density at radius 3 is 2.27 bits per heavy atom. The first-order chi connectivity index (χ1) is 10.7. The Kier molecular flexibility index (Phi) is 4.12. The molecule has 108 valence electrons. The van der Waals surface area contributed by atoms with E-state index in [1.807, 2.05) is 72.8 Å². The van der Waals surface area contributed by atoms with Crippen molar-refractivity contribution in [2.24, 2.45) is 0 Å². The second-order valence-electron chi connectivity index (χ2n) is 4.84. The fourth-order valence-corrected chi connectivity index (χ4v) is 2.42. The molecule has 22 heavy (non-hydrogen) atoms. The van der Waals surface area contributed by atoms with E-state index in [9.17, 15) is 4.79 Å². The molecule has 0 saturated carbocycles. The van der Waals surface area contributed by atoms with Crippen LogP contribution < -0.4 is 10.6 Å². The van der Waals surface area contributed by atoms with E-state index in [0.29, 0.717) is 4.99 Å². The molecule has 0 atom stereocenters. The zero-order valence-electron chi connectivity index (χ0n) is 11.7. The van der Waals surface area contributed by atoms with Gasteiger partial charge in [0.15, 0.2) is 0 Å². The quantitative estimate of drug-likeness (QED) is 0.692. The number of fused-ring (bicyclic) bond motifs is 1. The van der Waals surface area contributed by atoms with Gasteiger partial charge in [0.25, 0.3) is 0 Å². The monoisotopic (exact) mass is 306 g/mol. The highest BCUT2D eigenvalue weighted by molar-refractivity contribution is 7.80. The topological polar surface area (TPSA) is 41.1 Å². The fraction of sp³-hybridized carbons (Fsp3) is 0. The Labute approximate surface area is 134 Å². The van der Waals surface area contributed by atoms with Crippen molar-refractivity contribution in [3.05, 3.63) is 78.4 Å². The van der Waals surface area contributed by atoms with E-state index in [0.717, 1.165) is 22.0 Å². The Morgan fingerprint density at radius 1 is 0.818 bits per heavy atom. The first-order valence-corrected chi connectivity index (χ1v) is 7.29. The van der Waals surface area contributed by atoms with Crippen LogP contribution in [-0.4, -0.2) is 11.0 Å². The van der Waals surface area contributed by atoms with Gasteiger partial charge in [0.1, 0.15) is 4.99 Å². The predicted molar refractivity (Wildman–Crippen MR) is 94.2 cm³/mol. The van der Waals surface area contributed by atoms with Crippen LogP contribution in [0.5, 0.6) is 0 Å². The molecule has 0 fully saturated rings. The molecule has 3 aromatic carbocycles. The van der Waals surface area contributed by atoms with Crippen LogP contribution in [0.4, 0.5) is 10.5 Å². The summed E-state index contributed by atoms with van der Waals surface area (Å²) in [6.07, 6.45) is 0. The largest absolute Gasteiger partial charge is 0.324 e. The van der Waals surface area contributed by atoms with Crippen molar-refractivity contribution < 1.29 is 4.79 Å². The van der Waals surface area contributed by atoms with Gasteiger partial charge in [-0.05, 0) is 22.9 Å². The van der Waals surface area contributed by atoms with Crippen molar-refractivity contribution >= 4 is 39.7 Å². The summed E-state index contributed by atoms with van der Waals surface area (Å²) in [5, 5.41) is 7.68. The van der Waals surface area contributed by atoms with Gasteiger partial charge in [-0.15, -0.1) is 0 Å². The molecule has 0 aromatic heterocycles. The molecule has 2 amide bonds. The molecule has 0 aliphatic heterocycles. The van der Waals surface area contributed by atoms with Crippen LogP contribution in [0.25, 0.3) is 10.8 Å². The highest BCUT2D eigenvalue weighted by atomic mass is 32.1. The second-order valence-corrected chi connectivity index (χ2v) is 5.24. The van der Waals surface area contributed by atoms with E-state index in [2.05, 4.69) is 10.6 Å². The van der Waals surface area contributed by atoms with Crippen LogP contribution in [0.2, 0.25) is 0 Å². The number of amides is 2. The maximum atomic E-state index is 12.0. The van der Waals surface area contributed by atoms with Crippen LogP contribution in [0.3, 0.4) is 0 Å². The molecule has 0 unspecified atom stereocenters. The van der Waals surface area contributed by atoms with Crippen LogP contribution >= 0.6 is 12.2 Å². The summed E-state index contributed by atoms with van der Waals surface area (Å²) in [6.45, 7) is 0. The number of thiocarbonyl (C=S) groups is 1. The Hall–Kier alpha value is -2.72. The van der Waals surface area contributed by atoms with E-state index < -0.39 is 0 Å². The van der Waals surface area contributed by atoms with Crippen molar-refractivity contribution in [1.82, 2.24) is 5.32 Å². The minimum absolute atomic E-state index is 0.343. The zero-order valence-corrected chi connectivity index (χ0v) is 12.6. The number of rotatable bonds is 2. The summed E-state index contributed by atoms with van der Waals surface area (Å²) in [4.78, 5) is 12.4. The summed E-state index contributed by atoms with van der Waals surface area (Å²) in [5.41, 5.74) is 1.54. The van der Waals surface area contributed by atoms with E-state index in [-0.39, 0.29) is 6.03 Å². The molecule has 0 aliphatic rings. The summed E-state index contributed by atoms with van der Waals surface area (Å²) < 4.78 is 0. The number of urea groups is 1. The minimum Gasteiger partial charge on any atom is -0.308 e. The molecule has 0 saturated heterocycles. The molecular weight excluding hydrogens is 292 g/mol. The van der Waals surface area contributed by atoms with E-state index in [4.69, 9.17) is 12.2 Å². The first-order valence-electron chi connectivity index (χ1n) is 6.88. The SMILES string of the molecule is O=C(NC(=S)c1ccccc1)Nc1ccc2ccccc2c1. The van der Waals surface area contributed by atoms with Crippen molar-refractivity contribution in [2.75, 3.05) is 5.32 Å². The Bertz CT molecular complexity index is 831. The molecule has 3 aromatic rings. The number of hydrogen-bond acceptors (Lipinski definition) is 2. The summed E-state index contributed by atoms with van der Waals surface area (Å²) >= 11 is 5.22. The third-order valence-corrected chi connectivity index (χ3v) is 3.61. The maximum Gasteiger partial charge on any atom is 0.324 e. The molecule has 0 aliphatic carbocycles. The molecule has 0 bridgehead atoms. The van der Waals surface area contributed by atoms with Crippen LogP contribution in [0, 0.1) is 0 Å². The maximum absolute atomic E-state index is 12.0. The summed E-state index contributed by atoms with van der Waals surface area (Å²) in [6, 6.07) is 22.8. The Balaban J connectivity index is 1.69. The van der Waals surface area contributed by atoms with Gasteiger partial charge in [-0.1, -0.05) is 72.9 Å². The normalized spacial score (nSPS) is 10.2. The number of carbonyl (C=O) groups excluding carboxylic acids is 1. The third-order valence-electron chi connectivity index (χ3n) is 3.27. The van der Waals surface area contributed by atoms with Gasteiger partial charge in [-0.3, -0.25) is 5.32 Å². The van der Waals surface area contributed by atoms with Crippen molar-refractivity contribution in [3.63, 3.8) is 0 Å². The first kappa shape index (κ1) is 14.2. The van der Waals surface area contributed by atoms with Gasteiger partial charge in [0, 0.05) is 11.3 Å². The highest BCUT2D eigenvalue weighted by Crippen LogP contribution is 2.18. The number of nitrogens with one attached hydrogen (secondary N) is 2. The number of carbonyl (C=O) groups is 1. The lowest BCUT2D eigenvalue weighted by atomic mass is 10.1. The summed E-state index contributed by atoms with van der Waals surface area (Å²) in [7, 11) is 0. The highest BCUT2D eigenvalue weighted by Gasteiger charge is 2.06. The van der Waals surface area contributed by atoms with Crippen molar-refractivity contribution in [3.8, 4) is 0 Å². The molecular formula is C18H14N2OS. The lowest BCUT2D eigenvalue weighted by Crippen LogP contribution is -2.33. The van der Waals surface area contributed by atoms with Gasteiger partial charge in [0.05, 0.1) is 0 Å². The molecule has 3 rings (SSSR count). The average molecular weight is 306 g/mol. The van der Waals surface area contributed by atoms with Gasteiger partial charge >= 0.3 is 6.03 Å². The van der Waals surface area contributed by atoms with E-state index in [1.54, 1.807) is 0 Å². The van der Waals surface area contributed by atoms with E-state index >= 15 is 0 Å². The zero-order chi connectivity index (χ0) is 15.4. The number of anilines is 1. The summed E-state index contributed by atoms with van der Waals surface area (Å²) in [5.74, 6) is 0. The van der Waals surface area contributed by atoms with Gasteiger partial charge in [-0.2, -0.15) is 0 Å². The molecule has 0 spiro atoms.